The standard InChI is InChI=1S/C10H18O3/c1-9(10(11)13-3)7-5-4-6-8-12-2/h1,4-8H2,2-3H3. The topological polar surface area (TPSA) is 35.5 Å². The van der Waals surface area contributed by atoms with Gasteiger partial charge < -0.3 is 9.47 Å². The number of methoxy groups -OCH3 is 2. The van der Waals surface area contributed by atoms with Crippen LogP contribution < -0.4 is 0 Å². The van der Waals surface area contributed by atoms with Gasteiger partial charge in [0.1, 0.15) is 0 Å². The van der Waals surface area contributed by atoms with Gasteiger partial charge in [0, 0.05) is 19.3 Å². The predicted molar refractivity (Wildman–Crippen MR) is 51.5 cm³/mol. The van der Waals surface area contributed by atoms with Crippen molar-refractivity contribution < 1.29 is 14.3 Å². The molecule has 0 fully saturated rings. The Balaban J connectivity index is 3.32. The van der Waals surface area contributed by atoms with Gasteiger partial charge in [-0.1, -0.05) is 13.0 Å². The molecule has 0 amide bonds. The summed E-state index contributed by atoms with van der Waals surface area (Å²) in [6.07, 6.45) is 3.78. The monoisotopic (exact) mass is 186 g/mol. The predicted octanol–water partition coefficient (Wildman–Crippen LogP) is 1.92. The molecule has 76 valence electrons. The van der Waals surface area contributed by atoms with Crippen LogP contribution in [0.3, 0.4) is 0 Å². The van der Waals surface area contributed by atoms with Crippen LogP contribution >= 0.6 is 0 Å². The van der Waals surface area contributed by atoms with Crippen LogP contribution in [-0.2, 0) is 14.3 Å². The van der Waals surface area contributed by atoms with Crippen molar-refractivity contribution in [2.75, 3.05) is 20.8 Å². The molecule has 0 heterocycles. The maximum atomic E-state index is 10.9. The van der Waals surface area contributed by atoms with E-state index in [1.807, 2.05) is 0 Å². The summed E-state index contributed by atoms with van der Waals surface area (Å²) >= 11 is 0. The smallest absolute Gasteiger partial charge is 0.333 e. The van der Waals surface area contributed by atoms with E-state index in [2.05, 4.69) is 11.3 Å². The minimum Gasteiger partial charge on any atom is -0.466 e. The fourth-order valence-electron chi connectivity index (χ4n) is 1.01. The molecular weight excluding hydrogens is 168 g/mol. The van der Waals surface area contributed by atoms with Crippen LogP contribution in [-0.4, -0.2) is 26.8 Å². The Morgan fingerprint density at radius 2 is 1.92 bits per heavy atom. The highest BCUT2D eigenvalue weighted by Gasteiger charge is 2.04. The Morgan fingerprint density at radius 1 is 1.23 bits per heavy atom. The molecule has 0 unspecified atom stereocenters. The second-order valence-corrected chi connectivity index (χ2v) is 2.90. The Bertz CT molecular complexity index is 164. The van der Waals surface area contributed by atoms with Crippen molar-refractivity contribution in [1.82, 2.24) is 0 Å². The molecule has 0 spiro atoms. The lowest BCUT2D eigenvalue weighted by atomic mass is 10.1. The second-order valence-electron chi connectivity index (χ2n) is 2.90. The highest BCUT2D eigenvalue weighted by atomic mass is 16.5. The van der Waals surface area contributed by atoms with Crippen LogP contribution in [0.5, 0.6) is 0 Å². The zero-order chi connectivity index (χ0) is 10.1. The number of unbranched alkanes of at least 4 members (excludes halogenated alkanes) is 2. The lowest BCUT2D eigenvalue weighted by molar-refractivity contribution is -0.136. The summed E-state index contributed by atoms with van der Waals surface area (Å²) in [5.41, 5.74) is 0.555. The first-order chi connectivity index (χ1) is 6.22. The normalized spacial score (nSPS) is 9.69. The van der Waals surface area contributed by atoms with Gasteiger partial charge in [-0.05, 0) is 19.3 Å². The molecule has 0 saturated heterocycles. The van der Waals surface area contributed by atoms with Crippen molar-refractivity contribution in [2.45, 2.75) is 25.7 Å². The molecule has 0 saturated carbocycles. The summed E-state index contributed by atoms with van der Waals surface area (Å²) in [6, 6.07) is 0. The van der Waals surface area contributed by atoms with Crippen LogP contribution in [0.4, 0.5) is 0 Å². The molecule has 3 heteroatoms. The van der Waals surface area contributed by atoms with Crippen molar-refractivity contribution in [3.63, 3.8) is 0 Å². The van der Waals surface area contributed by atoms with E-state index < -0.39 is 0 Å². The fourth-order valence-corrected chi connectivity index (χ4v) is 1.01. The fraction of sp³-hybridized carbons (Fsp3) is 0.700. The summed E-state index contributed by atoms with van der Waals surface area (Å²) in [5, 5.41) is 0. The van der Waals surface area contributed by atoms with Gasteiger partial charge in [-0.3, -0.25) is 0 Å². The van der Waals surface area contributed by atoms with E-state index in [4.69, 9.17) is 4.74 Å². The molecule has 0 bridgehead atoms. The molecule has 0 rings (SSSR count). The van der Waals surface area contributed by atoms with Crippen molar-refractivity contribution >= 4 is 5.97 Å². The third kappa shape index (κ3) is 6.34. The van der Waals surface area contributed by atoms with Gasteiger partial charge >= 0.3 is 5.97 Å². The quantitative estimate of drug-likeness (QED) is 0.346. The first kappa shape index (κ1) is 12.2. The van der Waals surface area contributed by atoms with E-state index in [0.29, 0.717) is 5.57 Å². The summed E-state index contributed by atoms with van der Waals surface area (Å²) in [5.74, 6) is -0.299. The summed E-state index contributed by atoms with van der Waals surface area (Å²) < 4.78 is 9.43. The third-order valence-electron chi connectivity index (χ3n) is 1.80. The maximum Gasteiger partial charge on any atom is 0.333 e. The zero-order valence-corrected chi connectivity index (χ0v) is 8.47. The van der Waals surface area contributed by atoms with Crippen LogP contribution in [0.15, 0.2) is 12.2 Å². The Hall–Kier alpha value is -0.830. The molecule has 13 heavy (non-hydrogen) atoms. The number of ether oxygens (including phenoxy) is 2. The van der Waals surface area contributed by atoms with Gasteiger partial charge in [-0.2, -0.15) is 0 Å². The largest absolute Gasteiger partial charge is 0.466 e. The summed E-state index contributed by atoms with van der Waals surface area (Å²) in [6.45, 7) is 4.42. The highest BCUT2D eigenvalue weighted by Crippen LogP contribution is 2.08. The first-order valence-electron chi connectivity index (χ1n) is 4.47. The Labute approximate surface area is 79.7 Å². The van der Waals surface area contributed by atoms with Crippen LogP contribution in [0, 0.1) is 0 Å². The zero-order valence-electron chi connectivity index (χ0n) is 8.47. The van der Waals surface area contributed by atoms with Crippen molar-refractivity contribution in [2.24, 2.45) is 0 Å². The second kappa shape index (κ2) is 7.80. The Kier molecular flexibility index (Phi) is 7.30. The summed E-state index contributed by atoms with van der Waals surface area (Å²) in [4.78, 5) is 10.9. The van der Waals surface area contributed by atoms with Gasteiger partial charge in [0.05, 0.1) is 7.11 Å². The molecule has 0 atom stereocenters. The molecule has 0 aliphatic rings. The molecule has 0 N–H and O–H groups in total. The number of esters is 1. The molecule has 0 aromatic heterocycles. The molecular formula is C10H18O3. The lowest BCUT2D eigenvalue weighted by Crippen LogP contribution is -2.03. The molecule has 0 aliphatic heterocycles. The number of carbonyl (C=O) groups excluding carboxylic acids is 1. The number of hydrogen-bond donors (Lipinski definition) is 0. The Morgan fingerprint density at radius 3 is 2.46 bits per heavy atom. The molecule has 3 nitrogen and oxygen atoms in total. The van der Waals surface area contributed by atoms with Gasteiger partial charge in [0.2, 0.25) is 0 Å². The lowest BCUT2D eigenvalue weighted by Gasteiger charge is -2.02. The van der Waals surface area contributed by atoms with Crippen molar-refractivity contribution in [1.29, 1.82) is 0 Å². The summed E-state index contributed by atoms with van der Waals surface area (Å²) in [7, 11) is 3.06. The third-order valence-corrected chi connectivity index (χ3v) is 1.80. The van der Waals surface area contributed by atoms with E-state index in [9.17, 15) is 4.79 Å². The molecule has 0 radical (unpaired) electrons. The van der Waals surface area contributed by atoms with E-state index in [1.165, 1.54) is 7.11 Å². The molecule has 0 aromatic rings. The minimum absolute atomic E-state index is 0.299. The highest BCUT2D eigenvalue weighted by molar-refractivity contribution is 5.87. The first-order valence-corrected chi connectivity index (χ1v) is 4.47. The minimum atomic E-state index is -0.299. The van der Waals surface area contributed by atoms with E-state index in [1.54, 1.807) is 7.11 Å². The molecule has 0 aliphatic carbocycles. The van der Waals surface area contributed by atoms with E-state index in [-0.39, 0.29) is 5.97 Å². The van der Waals surface area contributed by atoms with Crippen LogP contribution in [0.25, 0.3) is 0 Å². The van der Waals surface area contributed by atoms with Crippen molar-refractivity contribution in [3.8, 4) is 0 Å². The average Bonchev–Trinajstić information content (AvgIpc) is 2.16. The van der Waals surface area contributed by atoms with Gasteiger partial charge in [0.25, 0.3) is 0 Å². The number of carbonyl (C=O) groups is 1. The van der Waals surface area contributed by atoms with Gasteiger partial charge in [-0.25, -0.2) is 4.79 Å². The number of rotatable bonds is 7. The maximum absolute atomic E-state index is 10.9. The SMILES string of the molecule is C=C(CCCCCOC)C(=O)OC. The number of hydrogen-bond acceptors (Lipinski definition) is 3. The molecule has 0 aromatic carbocycles. The van der Waals surface area contributed by atoms with Crippen LogP contribution in [0.2, 0.25) is 0 Å². The van der Waals surface area contributed by atoms with Gasteiger partial charge in [-0.15, -0.1) is 0 Å². The van der Waals surface area contributed by atoms with Gasteiger partial charge in [0.15, 0.2) is 0 Å². The van der Waals surface area contributed by atoms with Crippen molar-refractivity contribution in [3.05, 3.63) is 12.2 Å². The van der Waals surface area contributed by atoms with E-state index >= 15 is 0 Å². The van der Waals surface area contributed by atoms with E-state index in [0.717, 1.165) is 32.3 Å². The van der Waals surface area contributed by atoms with Crippen LogP contribution in [0.1, 0.15) is 25.7 Å². The average molecular weight is 186 g/mol.